The summed E-state index contributed by atoms with van der Waals surface area (Å²) in [4.78, 5) is 4.27. The van der Waals surface area contributed by atoms with Crippen LogP contribution >= 0.6 is 11.3 Å². The van der Waals surface area contributed by atoms with Gasteiger partial charge in [-0.05, 0) is 24.5 Å². The highest BCUT2D eigenvalue weighted by Crippen LogP contribution is 2.10. The standard InChI is InChI=1S/C12H17N3S/c1-2-11(13)7-10-3-5-15(8-10)9-12-14-4-6-16-12/h3-6,8,11H,2,7,9,13H2,1H3. The molecule has 0 spiro atoms. The Morgan fingerprint density at radius 3 is 3.12 bits per heavy atom. The Kier molecular flexibility index (Phi) is 3.74. The fraction of sp³-hybridized carbons (Fsp3) is 0.417. The van der Waals surface area contributed by atoms with Gasteiger partial charge in [-0.1, -0.05) is 6.92 Å². The smallest absolute Gasteiger partial charge is 0.112 e. The summed E-state index contributed by atoms with van der Waals surface area (Å²) < 4.78 is 2.16. The summed E-state index contributed by atoms with van der Waals surface area (Å²) in [5.74, 6) is 0. The Labute approximate surface area is 99.9 Å². The number of aromatic nitrogens is 2. The van der Waals surface area contributed by atoms with Crippen LogP contribution < -0.4 is 5.73 Å². The van der Waals surface area contributed by atoms with E-state index in [1.54, 1.807) is 11.3 Å². The lowest BCUT2D eigenvalue weighted by molar-refractivity contribution is 0.645. The van der Waals surface area contributed by atoms with Gasteiger partial charge >= 0.3 is 0 Å². The van der Waals surface area contributed by atoms with Crippen molar-refractivity contribution in [2.45, 2.75) is 32.4 Å². The second kappa shape index (κ2) is 5.27. The van der Waals surface area contributed by atoms with Crippen molar-refractivity contribution < 1.29 is 0 Å². The third kappa shape index (κ3) is 2.93. The van der Waals surface area contributed by atoms with Gasteiger partial charge in [0.05, 0.1) is 6.54 Å². The van der Waals surface area contributed by atoms with Crippen molar-refractivity contribution in [3.63, 3.8) is 0 Å². The molecule has 0 bridgehead atoms. The highest BCUT2D eigenvalue weighted by Gasteiger charge is 2.04. The van der Waals surface area contributed by atoms with Crippen LogP contribution in [0.15, 0.2) is 30.0 Å². The largest absolute Gasteiger partial charge is 0.347 e. The van der Waals surface area contributed by atoms with Crippen molar-refractivity contribution in [1.29, 1.82) is 0 Å². The molecular formula is C12H17N3S. The molecular weight excluding hydrogens is 218 g/mol. The molecule has 3 nitrogen and oxygen atoms in total. The van der Waals surface area contributed by atoms with Crippen LogP contribution in [0, 0.1) is 0 Å². The quantitative estimate of drug-likeness (QED) is 0.864. The monoisotopic (exact) mass is 235 g/mol. The van der Waals surface area contributed by atoms with Gasteiger partial charge in [0.25, 0.3) is 0 Å². The molecule has 86 valence electrons. The van der Waals surface area contributed by atoms with Crippen molar-refractivity contribution in [3.8, 4) is 0 Å². The van der Waals surface area contributed by atoms with Crippen LogP contribution in [-0.4, -0.2) is 15.6 Å². The molecule has 2 aromatic heterocycles. The van der Waals surface area contributed by atoms with Gasteiger partial charge in [-0.15, -0.1) is 11.3 Å². The second-order valence-electron chi connectivity index (χ2n) is 3.99. The van der Waals surface area contributed by atoms with Crippen molar-refractivity contribution in [2.24, 2.45) is 5.73 Å². The number of hydrogen-bond donors (Lipinski definition) is 1. The SMILES string of the molecule is CCC(N)Cc1ccn(Cc2nccs2)c1. The molecule has 0 saturated carbocycles. The predicted octanol–water partition coefficient (Wildman–Crippen LogP) is 2.27. The van der Waals surface area contributed by atoms with E-state index in [0.717, 1.165) is 24.4 Å². The first-order valence-corrected chi connectivity index (χ1v) is 6.44. The molecule has 0 saturated heterocycles. The van der Waals surface area contributed by atoms with Gasteiger partial charge in [-0.25, -0.2) is 4.98 Å². The number of thiazole rings is 1. The second-order valence-corrected chi connectivity index (χ2v) is 4.97. The summed E-state index contributed by atoms with van der Waals surface area (Å²) in [5.41, 5.74) is 7.24. The van der Waals surface area contributed by atoms with Crippen LogP contribution in [0.25, 0.3) is 0 Å². The first-order valence-electron chi connectivity index (χ1n) is 5.56. The molecule has 0 amide bonds. The number of nitrogens with zero attached hydrogens (tertiary/aromatic N) is 2. The molecule has 1 atom stereocenters. The maximum atomic E-state index is 5.93. The van der Waals surface area contributed by atoms with Crippen molar-refractivity contribution in [3.05, 3.63) is 40.6 Å². The van der Waals surface area contributed by atoms with E-state index in [4.69, 9.17) is 5.73 Å². The minimum absolute atomic E-state index is 0.274. The number of rotatable bonds is 5. The van der Waals surface area contributed by atoms with Crippen LogP contribution in [0.1, 0.15) is 23.9 Å². The van der Waals surface area contributed by atoms with Crippen molar-refractivity contribution in [1.82, 2.24) is 9.55 Å². The molecule has 2 heterocycles. The van der Waals surface area contributed by atoms with Gasteiger partial charge in [0, 0.05) is 30.0 Å². The molecule has 2 aromatic rings. The van der Waals surface area contributed by atoms with E-state index < -0.39 is 0 Å². The zero-order chi connectivity index (χ0) is 11.4. The van der Waals surface area contributed by atoms with Gasteiger partial charge in [0.1, 0.15) is 5.01 Å². The average molecular weight is 235 g/mol. The summed E-state index contributed by atoms with van der Waals surface area (Å²) in [5, 5.41) is 3.15. The van der Waals surface area contributed by atoms with E-state index in [0.29, 0.717) is 0 Å². The molecule has 1 unspecified atom stereocenters. The Morgan fingerprint density at radius 1 is 1.56 bits per heavy atom. The summed E-state index contributed by atoms with van der Waals surface area (Å²) in [6.45, 7) is 2.98. The fourth-order valence-corrected chi connectivity index (χ4v) is 2.27. The topological polar surface area (TPSA) is 43.8 Å². The highest BCUT2D eigenvalue weighted by molar-refractivity contribution is 7.09. The maximum Gasteiger partial charge on any atom is 0.112 e. The van der Waals surface area contributed by atoms with E-state index in [1.165, 1.54) is 5.56 Å². The zero-order valence-electron chi connectivity index (χ0n) is 9.47. The van der Waals surface area contributed by atoms with Crippen LogP contribution in [0.3, 0.4) is 0 Å². The van der Waals surface area contributed by atoms with Crippen molar-refractivity contribution in [2.75, 3.05) is 0 Å². The molecule has 0 aliphatic heterocycles. The van der Waals surface area contributed by atoms with Crippen LogP contribution in [0.2, 0.25) is 0 Å². The van der Waals surface area contributed by atoms with Crippen LogP contribution in [0.5, 0.6) is 0 Å². The molecule has 0 fully saturated rings. The van der Waals surface area contributed by atoms with E-state index in [-0.39, 0.29) is 6.04 Å². The maximum absolute atomic E-state index is 5.93. The van der Waals surface area contributed by atoms with E-state index in [1.807, 2.05) is 11.6 Å². The van der Waals surface area contributed by atoms with E-state index >= 15 is 0 Å². The third-order valence-corrected chi connectivity index (χ3v) is 3.40. The zero-order valence-corrected chi connectivity index (χ0v) is 10.3. The molecule has 0 aliphatic rings. The fourth-order valence-electron chi connectivity index (χ4n) is 1.64. The average Bonchev–Trinajstić information content (AvgIpc) is 2.91. The minimum atomic E-state index is 0.274. The Balaban J connectivity index is 1.97. The molecule has 2 rings (SSSR count). The molecule has 0 aromatic carbocycles. The van der Waals surface area contributed by atoms with Crippen molar-refractivity contribution >= 4 is 11.3 Å². The first-order chi connectivity index (χ1) is 7.78. The first kappa shape index (κ1) is 11.4. The van der Waals surface area contributed by atoms with Crippen LogP contribution in [-0.2, 0) is 13.0 Å². The number of nitrogens with two attached hydrogens (primary N) is 1. The van der Waals surface area contributed by atoms with E-state index in [2.05, 4.69) is 34.9 Å². The Bertz CT molecular complexity index is 419. The van der Waals surface area contributed by atoms with Gasteiger partial charge in [0.2, 0.25) is 0 Å². The van der Waals surface area contributed by atoms with E-state index in [9.17, 15) is 0 Å². The van der Waals surface area contributed by atoms with Gasteiger partial charge in [0.15, 0.2) is 0 Å². The molecule has 4 heteroatoms. The molecule has 2 N–H and O–H groups in total. The minimum Gasteiger partial charge on any atom is -0.347 e. The highest BCUT2D eigenvalue weighted by atomic mass is 32.1. The molecule has 0 radical (unpaired) electrons. The summed E-state index contributed by atoms with van der Waals surface area (Å²) in [6.07, 6.45) is 8.09. The molecule has 0 aliphatic carbocycles. The molecule has 16 heavy (non-hydrogen) atoms. The predicted molar refractivity (Wildman–Crippen MR) is 67.6 cm³/mol. The summed E-state index contributed by atoms with van der Waals surface area (Å²) in [7, 11) is 0. The van der Waals surface area contributed by atoms with Crippen LogP contribution in [0.4, 0.5) is 0 Å². The van der Waals surface area contributed by atoms with Gasteiger partial charge in [-0.2, -0.15) is 0 Å². The Morgan fingerprint density at radius 2 is 2.44 bits per heavy atom. The lowest BCUT2D eigenvalue weighted by Crippen LogP contribution is -2.21. The van der Waals surface area contributed by atoms with Gasteiger partial charge < -0.3 is 10.3 Å². The summed E-state index contributed by atoms with van der Waals surface area (Å²) >= 11 is 1.69. The summed E-state index contributed by atoms with van der Waals surface area (Å²) in [6, 6.07) is 2.42. The van der Waals surface area contributed by atoms with Gasteiger partial charge in [-0.3, -0.25) is 0 Å². The normalized spacial score (nSPS) is 12.9. The number of hydrogen-bond acceptors (Lipinski definition) is 3. The Hall–Kier alpha value is -1.13. The third-order valence-electron chi connectivity index (χ3n) is 2.64. The lowest BCUT2D eigenvalue weighted by atomic mass is 10.1. The lowest BCUT2D eigenvalue weighted by Gasteiger charge is -2.05.